The molecule has 2 aromatic rings. The van der Waals surface area contributed by atoms with Crippen LogP contribution in [0.2, 0.25) is 0 Å². The number of amides is 1. The first-order chi connectivity index (χ1) is 12.8. The minimum Gasteiger partial charge on any atom is -0.495 e. The van der Waals surface area contributed by atoms with E-state index in [1.807, 2.05) is 45.0 Å². The number of carbonyl (C=O) groups excluding carboxylic acids is 1. The Kier molecular flexibility index (Phi) is 5.75. The van der Waals surface area contributed by atoms with E-state index in [0.717, 1.165) is 23.1 Å². The van der Waals surface area contributed by atoms with Gasteiger partial charge in [-0.15, -0.1) is 11.3 Å². The van der Waals surface area contributed by atoms with Crippen molar-refractivity contribution in [1.29, 1.82) is 0 Å². The summed E-state index contributed by atoms with van der Waals surface area (Å²) in [6.07, 6.45) is 2.50. The number of anilines is 2. The van der Waals surface area contributed by atoms with Gasteiger partial charge in [0.25, 0.3) is 0 Å². The molecule has 3 rings (SSSR count). The van der Waals surface area contributed by atoms with Gasteiger partial charge in [-0.25, -0.2) is 4.98 Å². The fourth-order valence-corrected chi connectivity index (χ4v) is 4.07. The highest BCUT2D eigenvalue weighted by Crippen LogP contribution is 2.35. The molecule has 1 amide bonds. The zero-order chi connectivity index (χ0) is 19.6. The van der Waals surface area contributed by atoms with E-state index in [4.69, 9.17) is 9.72 Å². The molecule has 0 spiro atoms. The molecule has 1 aromatic heterocycles. The first-order valence-electron chi connectivity index (χ1n) is 9.51. The van der Waals surface area contributed by atoms with Crippen LogP contribution in [0.1, 0.15) is 46.2 Å². The van der Waals surface area contributed by atoms with Crippen LogP contribution in [0.3, 0.4) is 0 Å². The van der Waals surface area contributed by atoms with Crippen LogP contribution < -0.4 is 14.5 Å². The summed E-state index contributed by atoms with van der Waals surface area (Å²) in [6.45, 7) is 9.40. The zero-order valence-electron chi connectivity index (χ0n) is 16.9. The van der Waals surface area contributed by atoms with Gasteiger partial charge in [0.05, 0.1) is 25.0 Å². The van der Waals surface area contributed by atoms with Crippen LogP contribution in [-0.4, -0.2) is 30.6 Å². The molecular formula is C21H29N3O2S. The van der Waals surface area contributed by atoms with Crippen molar-refractivity contribution in [3.05, 3.63) is 35.3 Å². The van der Waals surface area contributed by atoms with Crippen LogP contribution in [0.15, 0.2) is 29.6 Å². The second-order valence-electron chi connectivity index (χ2n) is 7.95. The zero-order valence-corrected chi connectivity index (χ0v) is 17.7. The summed E-state index contributed by atoms with van der Waals surface area (Å²) < 4.78 is 5.51. The van der Waals surface area contributed by atoms with E-state index in [0.29, 0.717) is 18.3 Å². The van der Waals surface area contributed by atoms with Gasteiger partial charge < -0.3 is 14.5 Å². The van der Waals surface area contributed by atoms with Gasteiger partial charge in [-0.2, -0.15) is 0 Å². The van der Waals surface area contributed by atoms with Crippen LogP contribution in [0.5, 0.6) is 5.75 Å². The summed E-state index contributed by atoms with van der Waals surface area (Å²) in [5, 5.41) is 3.12. The molecule has 0 bridgehead atoms. The first-order valence-corrected chi connectivity index (χ1v) is 10.4. The van der Waals surface area contributed by atoms with Crippen molar-refractivity contribution in [2.45, 2.75) is 53.1 Å². The monoisotopic (exact) mass is 387 g/mol. The van der Waals surface area contributed by atoms with Gasteiger partial charge >= 0.3 is 0 Å². The van der Waals surface area contributed by atoms with Gasteiger partial charge in [-0.1, -0.05) is 32.9 Å². The van der Waals surface area contributed by atoms with Gasteiger partial charge in [0, 0.05) is 23.4 Å². The van der Waals surface area contributed by atoms with E-state index < -0.39 is 5.41 Å². The van der Waals surface area contributed by atoms with E-state index >= 15 is 0 Å². The molecule has 1 aromatic carbocycles. The molecule has 1 fully saturated rings. The largest absolute Gasteiger partial charge is 0.495 e. The van der Waals surface area contributed by atoms with Gasteiger partial charge in [-0.05, 0) is 31.9 Å². The Hall–Kier alpha value is -2.08. The molecule has 0 saturated heterocycles. The van der Waals surface area contributed by atoms with Crippen molar-refractivity contribution in [3.8, 4) is 5.75 Å². The number of methoxy groups -OCH3 is 1. The summed E-state index contributed by atoms with van der Waals surface area (Å²) in [5.74, 6) is 0.745. The lowest BCUT2D eigenvalue weighted by Crippen LogP contribution is -2.39. The lowest BCUT2D eigenvalue weighted by molar-refractivity contribution is -0.125. The molecule has 0 radical (unpaired) electrons. The van der Waals surface area contributed by atoms with Crippen molar-refractivity contribution in [2.75, 3.05) is 23.5 Å². The van der Waals surface area contributed by atoms with Crippen molar-refractivity contribution in [1.82, 2.24) is 4.98 Å². The van der Waals surface area contributed by atoms with Crippen molar-refractivity contribution in [3.63, 3.8) is 0 Å². The fourth-order valence-electron chi connectivity index (χ4n) is 3.12. The first kappa shape index (κ1) is 19.7. The van der Waals surface area contributed by atoms with Crippen LogP contribution in [0.4, 0.5) is 10.8 Å². The van der Waals surface area contributed by atoms with E-state index in [1.54, 1.807) is 23.3 Å². The number of hydrogen-bond donors (Lipinski definition) is 0. The van der Waals surface area contributed by atoms with Crippen molar-refractivity contribution in [2.24, 2.45) is 5.41 Å². The third-order valence-corrected chi connectivity index (χ3v) is 5.62. The molecule has 27 heavy (non-hydrogen) atoms. The maximum atomic E-state index is 13.2. The second-order valence-corrected chi connectivity index (χ2v) is 8.79. The number of aromatic nitrogens is 1. The Labute approximate surface area is 166 Å². The highest BCUT2D eigenvalue weighted by Gasteiger charge is 2.32. The third-order valence-electron chi connectivity index (χ3n) is 4.70. The van der Waals surface area contributed by atoms with Crippen LogP contribution in [0, 0.1) is 5.41 Å². The number of carbonyl (C=O) groups is 1. The maximum Gasteiger partial charge on any atom is 0.232 e. The molecule has 1 saturated carbocycles. The Morgan fingerprint density at radius 1 is 1.30 bits per heavy atom. The topological polar surface area (TPSA) is 45.7 Å². The molecule has 146 valence electrons. The van der Waals surface area contributed by atoms with Crippen LogP contribution in [-0.2, 0) is 11.3 Å². The number of rotatable bonds is 7. The fraction of sp³-hybridized carbons (Fsp3) is 0.524. The number of benzene rings is 1. The molecule has 0 aliphatic heterocycles. The molecule has 6 heteroatoms. The Balaban J connectivity index is 1.90. The summed E-state index contributed by atoms with van der Waals surface area (Å²) >= 11 is 1.66. The highest BCUT2D eigenvalue weighted by molar-refractivity contribution is 7.13. The lowest BCUT2D eigenvalue weighted by atomic mass is 9.94. The number of para-hydroxylation sites is 2. The van der Waals surface area contributed by atoms with Gasteiger partial charge in [0.2, 0.25) is 5.91 Å². The summed E-state index contributed by atoms with van der Waals surface area (Å²) in [5.41, 5.74) is 1.20. The molecule has 0 unspecified atom stereocenters. The second kappa shape index (κ2) is 7.89. The summed E-state index contributed by atoms with van der Waals surface area (Å²) in [7, 11) is 1.63. The third kappa shape index (κ3) is 4.43. The molecule has 0 N–H and O–H groups in total. The normalized spacial score (nSPS) is 14.1. The molecular weight excluding hydrogens is 358 g/mol. The highest BCUT2D eigenvalue weighted by atomic mass is 32.1. The SMILES string of the molecule is CCN(c1nc(CN(C(=O)C(C)(C)C)c2ccccc2OC)cs1)C1CC1. The minimum atomic E-state index is -0.497. The van der Waals surface area contributed by atoms with E-state index in [-0.39, 0.29) is 5.91 Å². The minimum absolute atomic E-state index is 0.0519. The Morgan fingerprint density at radius 3 is 2.59 bits per heavy atom. The Morgan fingerprint density at radius 2 is 2.00 bits per heavy atom. The average molecular weight is 388 g/mol. The van der Waals surface area contributed by atoms with E-state index in [1.165, 1.54) is 12.8 Å². The number of thiazole rings is 1. The quantitative estimate of drug-likeness (QED) is 0.690. The number of nitrogens with zero attached hydrogens (tertiary/aromatic N) is 3. The average Bonchev–Trinajstić information content (AvgIpc) is 3.37. The smallest absolute Gasteiger partial charge is 0.232 e. The summed E-state index contributed by atoms with van der Waals surface area (Å²) in [4.78, 5) is 22.2. The van der Waals surface area contributed by atoms with Gasteiger partial charge in [0.1, 0.15) is 5.75 Å². The van der Waals surface area contributed by atoms with Crippen LogP contribution >= 0.6 is 11.3 Å². The van der Waals surface area contributed by atoms with Crippen LogP contribution in [0.25, 0.3) is 0 Å². The predicted octanol–water partition coefficient (Wildman–Crippen LogP) is 4.72. The van der Waals surface area contributed by atoms with Crippen molar-refractivity contribution < 1.29 is 9.53 Å². The standard InChI is InChI=1S/C21H29N3O2S/c1-6-23(16-11-12-16)20-22-15(14-27-20)13-24(19(25)21(2,3)4)17-9-7-8-10-18(17)26-5/h7-10,14,16H,6,11-13H2,1-5H3. The van der Waals surface area contributed by atoms with E-state index in [9.17, 15) is 4.79 Å². The Bertz CT molecular complexity index is 793. The molecule has 1 heterocycles. The maximum absolute atomic E-state index is 13.2. The molecule has 1 aliphatic rings. The van der Waals surface area contributed by atoms with Gasteiger partial charge in [-0.3, -0.25) is 4.79 Å². The molecule has 0 atom stereocenters. The van der Waals surface area contributed by atoms with Crippen molar-refractivity contribution >= 4 is 28.1 Å². The number of ether oxygens (including phenoxy) is 1. The number of hydrogen-bond acceptors (Lipinski definition) is 5. The molecule has 1 aliphatic carbocycles. The lowest BCUT2D eigenvalue weighted by Gasteiger charge is -2.30. The van der Waals surface area contributed by atoms with E-state index in [2.05, 4.69) is 17.2 Å². The molecule has 5 nitrogen and oxygen atoms in total. The predicted molar refractivity (Wildman–Crippen MR) is 112 cm³/mol. The van der Waals surface area contributed by atoms with Gasteiger partial charge in [0.15, 0.2) is 5.13 Å². The summed E-state index contributed by atoms with van der Waals surface area (Å²) in [6, 6.07) is 8.29.